The molecule has 1 aromatic carbocycles. The van der Waals surface area contributed by atoms with E-state index < -0.39 is 23.8 Å². The average Bonchev–Trinajstić information content (AvgIpc) is 3.16. The molecule has 3 rings (SSSR count). The molecule has 6 heteroatoms. The molecular weight excluding hydrogens is 358 g/mol. The minimum Gasteiger partial charge on any atom is -0.468 e. The normalized spacial score (nSPS) is 19.2. The Morgan fingerprint density at radius 1 is 0.964 bits per heavy atom. The van der Waals surface area contributed by atoms with E-state index >= 15 is 0 Å². The predicted octanol–water partition coefficient (Wildman–Crippen LogP) is 4.05. The van der Waals surface area contributed by atoms with Gasteiger partial charge in [-0.2, -0.15) is 0 Å². The maximum Gasteiger partial charge on any atom is 0.336 e. The van der Waals surface area contributed by atoms with Gasteiger partial charge in [-0.05, 0) is 32.9 Å². The van der Waals surface area contributed by atoms with Gasteiger partial charge in [0.05, 0.1) is 25.7 Å². The molecule has 6 nitrogen and oxygen atoms in total. The number of benzene rings is 1. The highest BCUT2D eigenvalue weighted by molar-refractivity contribution is 6.06. The van der Waals surface area contributed by atoms with Gasteiger partial charge < -0.3 is 13.9 Å². The van der Waals surface area contributed by atoms with Crippen LogP contribution < -0.4 is 0 Å². The number of furan rings is 1. The van der Waals surface area contributed by atoms with E-state index in [-0.39, 0.29) is 0 Å². The van der Waals surface area contributed by atoms with Gasteiger partial charge in [0.1, 0.15) is 17.4 Å². The Hall–Kier alpha value is -3.15. The standard InChI is InChI=1S/C22H23NO5/c1-12-6-8-15(9-7-12)16-10-11-17(28-16)20-18(21(24)26-4)13(2)23-14(3)19(20)22(25)27-5/h6-11,18,20H,1-5H3/t18?,20-/m0/s1. The van der Waals surface area contributed by atoms with Crippen LogP contribution in [0.5, 0.6) is 0 Å². The molecule has 0 aliphatic carbocycles. The van der Waals surface area contributed by atoms with Crippen molar-refractivity contribution in [1.29, 1.82) is 0 Å². The number of methoxy groups -OCH3 is 2. The summed E-state index contributed by atoms with van der Waals surface area (Å²) in [6.45, 7) is 5.48. The van der Waals surface area contributed by atoms with Crippen LogP contribution in [-0.2, 0) is 19.1 Å². The Bertz CT molecular complexity index is 965. The summed E-state index contributed by atoms with van der Waals surface area (Å²) in [5.41, 5.74) is 3.42. The summed E-state index contributed by atoms with van der Waals surface area (Å²) in [6, 6.07) is 11.5. The Morgan fingerprint density at radius 2 is 1.64 bits per heavy atom. The summed E-state index contributed by atoms with van der Waals surface area (Å²) in [7, 11) is 2.62. The van der Waals surface area contributed by atoms with Crippen molar-refractivity contribution in [2.24, 2.45) is 10.9 Å². The molecule has 0 saturated heterocycles. The Kier molecular flexibility index (Phi) is 5.49. The third-order valence-electron chi connectivity index (χ3n) is 4.96. The first kappa shape index (κ1) is 19.6. The van der Waals surface area contributed by atoms with E-state index in [2.05, 4.69) is 4.99 Å². The van der Waals surface area contributed by atoms with Crippen LogP contribution in [0.25, 0.3) is 11.3 Å². The largest absolute Gasteiger partial charge is 0.468 e. The topological polar surface area (TPSA) is 78.1 Å². The van der Waals surface area contributed by atoms with Crippen LogP contribution >= 0.6 is 0 Å². The molecule has 1 aliphatic heterocycles. The van der Waals surface area contributed by atoms with Gasteiger partial charge in [0.25, 0.3) is 0 Å². The van der Waals surface area contributed by atoms with Gasteiger partial charge in [-0.25, -0.2) is 4.79 Å². The molecule has 0 amide bonds. The molecule has 0 bridgehead atoms. The number of ether oxygens (including phenoxy) is 2. The second kappa shape index (κ2) is 7.84. The first-order valence-electron chi connectivity index (χ1n) is 8.96. The Balaban J connectivity index is 2.11. The van der Waals surface area contributed by atoms with E-state index in [0.717, 1.165) is 11.1 Å². The quantitative estimate of drug-likeness (QED) is 0.747. The maximum atomic E-state index is 12.5. The Morgan fingerprint density at radius 3 is 2.25 bits per heavy atom. The third kappa shape index (κ3) is 3.50. The van der Waals surface area contributed by atoms with Crippen molar-refractivity contribution >= 4 is 17.7 Å². The zero-order valence-corrected chi connectivity index (χ0v) is 16.6. The first-order chi connectivity index (χ1) is 13.4. The molecule has 1 unspecified atom stereocenters. The lowest BCUT2D eigenvalue weighted by Gasteiger charge is -2.29. The number of esters is 2. The van der Waals surface area contributed by atoms with Crippen LogP contribution in [-0.4, -0.2) is 31.9 Å². The number of aliphatic imine (C=N–C) groups is 1. The van der Waals surface area contributed by atoms with Gasteiger partial charge >= 0.3 is 11.9 Å². The van der Waals surface area contributed by atoms with Crippen LogP contribution in [0.4, 0.5) is 0 Å². The molecule has 0 N–H and O–H groups in total. The smallest absolute Gasteiger partial charge is 0.336 e. The maximum absolute atomic E-state index is 12.5. The van der Waals surface area contributed by atoms with Crippen molar-refractivity contribution in [1.82, 2.24) is 0 Å². The SMILES string of the molecule is COC(=O)C1=C(C)N=C(C)C(C(=O)OC)[C@@H]1c1ccc(-c2ccc(C)cc2)o1. The molecule has 2 atom stereocenters. The summed E-state index contributed by atoms with van der Waals surface area (Å²) in [4.78, 5) is 29.4. The van der Waals surface area contributed by atoms with Crippen molar-refractivity contribution in [3.8, 4) is 11.3 Å². The molecule has 0 spiro atoms. The highest BCUT2D eigenvalue weighted by Gasteiger charge is 2.43. The van der Waals surface area contributed by atoms with Crippen LogP contribution in [0.15, 0.2) is 57.1 Å². The summed E-state index contributed by atoms with van der Waals surface area (Å²) < 4.78 is 16.0. The highest BCUT2D eigenvalue weighted by atomic mass is 16.5. The Labute approximate surface area is 163 Å². The van der Waals surface area contributed by atoms with E-state index in [0.29, 0.717) is 28.5 Å². The number of aryl methyl sites for hydroxylation is 1. The predicted molar refractivity (Wildman–Crippen MR) is 105 cm³/mol. The lowest BCUT2D eigenvalue weighted by atomic mass is 9.78. The minimum atomic E-state index is -0.764. The second-order valence-corrected chi connectivity index (χ2v) is 6.79. The average molecular weight is 381 g/mol. The number of allylic oxidation sites excluding steroid dienone is 1. The second-order valence-electron chi connectivity index (χ2n) is 6.79. The van der Waals surface area contributed by atoms with Gasteiger partial charge in [-0.3, -0.25) is 9.79 Å². The van der Waals surface area contributed by atoms with Gasteiger partial charge in [0.2, 0.25) is 0 Å². The lowest BCUT2D eigenvalue weighted by molar-refractivity contribution is -0.144. The first-order valence-corrected chi connectivity index (χ1v) is 8.96. The van der Waals surface area contributed by atoms with E-state index in [1.165, 1.54) is 14.2 Å². The molecule has 0 radical (unpaired) electrons. The fourth-order valence-corrected chi connectivity index (χ4v) is 3.54. The van der Waals surface area contributed by atoms with E-state index in [1.54, 1.807) is 19.9 Å². The fraction of sp³-hybridized carbons (Fsp3) is 0.318. The molecule has 1 aliphatic rings. The number of rotatable bonds is 4. The molecule has 28 heavy (non-hydrogen) atoms. The van der Waals surface area contributed by atoms with Crippen LogP contribution in [0.3, 0.4) is 0 Å². The van der Waals surface area contributed by atoms with Crippen molar-refractivity contribution in [3.05, 3.63) is 59.0 Å². The molecule has 2 aromatic rings. The molecule has 146 valence electrons. The highest BCUT2D eigenvalue weighted by Crippen LogP contribution is 2.41. The molecular formula is C22H23NO5. The van der Waals surface area contributed by atoms with Gasteiger partial charge in [0.15, 0.2) is 0 Å². The summed E-state index contributed by atoms with van der Waals surface area (Å²) in [6.07, 6.45) is 0. The fourth-order valence-electron chi connectivity index (χ4n) is 3.54. The summed E-state index contributed by atoms with van der Waals surface area (Å²) in [5.74, 6) is -1.31. The summed E-state index contributed by atoms with van der Waals surface area (Å²) >= 11 is 0. The molecule has 2 heterocycles. The zero-order chi connectivity index (χ0) is 20.4. The van der Waals surface area contributed by atoms with Crippen molar-refractivity contribution < 1.29 is 23.5 Å². The minimum absolute atomic E-state index is 0.299. The lowest BCUT2D eigenvalue weighted by Crippen LogP contribution is -2.35. The summed E-state index contributed by atoms with van der Waals surface area (Å²) in [5, 5.41) is 0. The van der Waals surface area contributed by atoms with Crippen molar-refractivity contribution in [3.63, 3.8) is 0 Å². The van der Waals surface area contributed by atoms with Crippen LogP contribution in [0, 0.1) is 12.8 Å². The molecule has 0 saturated carbocycles. The number of carbonyl (C=O) groups excluding carboxylic acids is 2. The van der Waals surface area contributed by atoms with Crippen molar-refractivity contribution in [2.45, 2.75) is 26.7 Å². The number of carbonyl (C=O) groups is 2. The van der Waals surface area contributed by atoms with Crippen molar-refractivity contribution in [2.75, 3.05) is 14.2 Å². The number of nitrogens with zero attached hydrogens (tertiary/aromatic N) is 1. The monoisotopic (exact) mass is 381 g/mol. The molecule has 1 aromatic heterocycles. The number of hydrogen-bond donors (Lipinski definition) is 0. The third-order valence-corrected chi connectivity index (χ3v) is 4.96. The van der Waals surface area contributed by atoms with Crippen LogP contribution in [0.1, 0.15) is 31.1 Å². The number of hydrogen-bond acceptors (Lipinski definition) is 6. The zero-order valence-electron chi connectivity index (χ0n) is 16.6. The van der Waals surface area contributed by atoms with Crippen LogP contribution in [0.2, 0.25) is 0 Å². The van der Waals surface area contributed by atoms with E-state index in [4.69, 9.17) is 13.9 Å². The van der Waals surface area contributed by atoms with Gasteiger partial charge in [-0.1, -0.05) is 29.8 Å². The molecule has 0 fully saturated rings. The van der Waals surface area contributed by atoms with Gasteiger partial charge in [0, 0.05) is 17.0 Å². The van der Waals surface area contributed by atoms with Gasteiger partial charge in [-0.15, -0.1) is 0 Å². The van der Waals surface area contributed by atoms with E-state index in [1.807, 2.05) is 37.3 Å². The van der Waals surface area contributed by atoms with E-state index in [9.17, 15) is 9.59 Å².